The molecule has 0 bridgehead atoms. The number of alkyl halides is 3. The van der Waals surface area contributed by atoms with E-state index in [2.05, 4.69) is 5.32 Å². The van der Waals surface area contributed by atoms with Crippen molar-refractivity contribution in [2.45, 2.75) is 12.3 Å². The van der Waals surface area contributed by atoms with Crippen molar-refractivity contribution in [3.05, 3.63) is 28.8 Å². The van der Waals surface area contributed by atoms with E-state index in [0.29, 0.717) is 0 Å². The minimum Gasteiger partial charge on any atom is -0.394 e. The molecule has 1 aromatic rings. The number of rotatable bonds is 4. The topological polar surface area (TPSA) is 52.5 Å². The monoisotopic (exact) mass is 269 g/mol. The molecule has 96 valence electrons. The van der Waals surface area contributed by atoms with Gasteiger partial charge in [-0.05, 0) is 18.2 Å². The van der Waals surface area contributed by atoms with Gasteiger partial charge in [-0.1, -0.05) is 11.6 Å². The van der Waals surface area contributed by atoms with Crippen LogP contribution >= 0.6 is 11.6 Å². The van der Waals surface area contributed by atoms with Crippen LogP contribution in [0.15, 0.2) is 18.2 Å². The Balaban J connectivity index is 2.83. The maximum Gasteiger partial charge on any atom is 0.416 e. The summed E-state index contributed by atoms with van der Waals surface area (Å²) in [6.45, 7) is -0.534. The SMILES string of the molecule is OC[C@@H](O)CNc1cc(Cl)cc(C(F)(F)F)c1. The average molecular weight is 270 g/mol. The van der Waals surface area contributed by atoms with Gasteiger partial charge in [-0.2, -0.15) is 13.2 Å². The second-order valence-electron chi connectivity index (χ2n) is 3.44. The predicted octanol–water partition coefficient (Wildman–Crippen LogP) is 2.12. The molecule has 3 nitrogen and oxygen atoms in total. The van der Waals surface area contributed by atoms with Gasteiger partial charge in [0.2, 0.25) is 0 Å². The highest BCUT2D eigenvalue weighted by atomic mass is 35.5. The number of anilines is 1. The van der Waals surface area contributed by atoms with Gasteiger partial charge < -0.3 is 15.5 Å². The molecule has 1 rings (SSSR count). The first-order valence-electron chi connectivity index (χ1n) is 4.73. The zero-order valence-electron chi connectivity index (χ0n) is 8.63. The van der Waals surface area contributed by atoms with Gasteiger partial charge in [0.1, 0.15) is 0 Å². The highest BCUT2D eigenvalue weighted by molar-refractivity contribution is 6.30. The molecule has 0 fully saturated rings. The third-order valence-electron chi connectivity index (χ3n) is 1.98. The first-order chi connectivity index (χ1) is 7.82. The van der Waals surface area contributed by atoms with Crippen LogP contribution in [0.5, 0.6) is 0 Å². The molecule has 1 atom stereocenters. The van der Waals surface area contributed by atoms with Crippen molar-refractivity contribution in [1.29, 1.82) is 0 Å². The number of hydrogen-bond acceptors (Lipinski definition) is 3. The Morgan fingerprint density at radius 1 is 1.29 bits per heavy atom. The molecule has 7 heteroatoms. The van der Waals surface area contributed by atoms with Crippen LogP contribution in [0.1, 0.15) is 5.56 Å². The highest BCUT2D eigenvalue weighted by Crippen LogP contribution is 2.33. The molecule has 0 saturated carbocycles. The van der Waals surface area contributed by atoms with Crippen LogP contribution < -0.4 is 5.32 Å². The molecule has 0 aliphatic carbocycles. The molecule has 0 aromatic heterocycles. The summed E-state index contributed by atoms with van der Waals surface area (Å²) >= 11 is 5.55. The lowest BCUT2D eigenvalue weighted by Gasteiger charge is -2.13. The lowest BCUT2D eigenvalue weighted by Crippen LogP contribution is -2.23. The Kier molecular flexibility index (Phi) is 4.62. The largest absolute Gasteiger partial charge is 0.416 e. The Hall–Kier alpha value is -0.980. The van der Waals surface area contributed by atoms with Crippen LogP contribution in [0.2, 0.25) is 5.02 Å². The molecule has 0 aliphatic heterocycles. The molecule has 17 heavy (non-hydrogen) atoms. The Labute approximate surface area is 101 Å². The standard InChI is InChI=1S/C10H11ClF3NO2/c11-7-1-6(10(12,13)14)2-8(3-7)15-4-9(17)5-16/h1-3,9,15-17H,4-5H2/t9-/m0/s1. The van der Waals surface area contributed by atoms with E-state index in [4.69, 9.17) is 21.8 Å². The fourth-order valence-corrected chi connectivity index (χ4v) is 1.39. The van der Waals surface area contributed by atoms with Crippen molar-refractivity contribution >= 4 is 17.3 Å². The van der Waals surface area contributed by atoms with Crippen LogP contribution in [0, 0.1) is 0 Å². The molecule has 0 radical (unpaired) electrons. The van der Waals surface area contributed by atoms with Crippen molar-refractivity contribution in [3.8, 4) is 0 Å². The second-order valence-corrected chi connectivity index (χ2v) is 3.88. The molecule has 0 aliphatic rings. The summed E-state index contributed by atoms with van der Waals surface area (Å²) in [4.78, 5) is 0. The lowest BCUT2D eigenvalue weighted by molar-refractivity contribution is -0.137. The Bertz CT molecular complexity index is 384. The first-order valence-corrected chi connectivity index (χ1v) is 5.11. The van der Waals surface area contributed by atoms with Crippen LogP contribution in [-0.2, 0) is 6.18 Å². The molecular formula is C10H11ClF3NO2. The molecule has 0 saturated heterocycles. The fourth-order valence-electron chi connectivity index (χ4n) is 1.16. The van der Waals surface area contributed by atoms with Crippen molar-refractivity contribution in [2.75, 3.05) is 18.5 Å². The van der Waals surface area contributed by atoms with E-state index in [0.717, 1.165) is 12.1 Å². The summed E-state index contributed by atoms with van der Waals surface area (Å²) in [6, 6.07) is 3.01. The van der Waals surface area contributed by atoms with E-state index >= 15 is 0 Å². The lowest BCUT2D eigenvalue weighted by atomic mass is 10.2. The van der Waals surface area contributed by atoms with E-state index in [1.54, 1.807) is 0 Å². The van der Waals surface area contributed by atoms with E-state index < -0.39 is 24.5 Å². The number of benzene rings is 1. The zero-order chi connectivity index (χ0) is 13.1. The van der Waals surface area contributed by atoms with Gasteiger partial charge in [0, 0.05) is 17.3 Å². The van der Waals surface area contributed by atoms with Gasteiger partial charge in [-0.3, -0.25) is 0 Å². The summed E-state index contributed by atoms with van der Waals surface area (Å²) in [5.74, 6) is 0. The summed E-state index contributed by atoms with van der Waals surface area (Å²) in [5, 5.41) is 20.1. The summed E-state index contributed by atoms with van der Waals surface area (Å²) in [7, 11) is 0. The van der Waals surface area contributed by atoms with Crippen molar-refractivity contribution in [3.63, 3.8) is 0 Å². The van der Waals surface area contributed by atoms with Gasteiger partial charge in [0.25, 0.3) is 0 Å². The maximum absolute atomic E-state index is 12.4. The van der Waals surface area contributed by atoms with Crippen LogP contribution in [0.3, 0.4) is 0 Å². The van der Waals surface area contributed by atoms with E-state index in [1.165, 1.54) is 6.07 Å². The normalized spacial score (nSPS) is 13.5. The summed E-state index contributed by atoms with van der Waals surface area (Å²) in [5.41, 5.74) is -0.733. The predicted molar refractivity (Wildman–Crippen MR) is 58.0 cm³/mol. The number of nitrogens with one attached hydrogen (secondary N) is 1. The van der Waals surface area contributed by atoms with Crippen LogP contribution in [0.4, 0.5) is 18.9 Å². The third kappa shape index (κ3) is 4.41. The molecule has 0 unspecified atom stereocenters. The average Bonchev–Trinajstić information content (AvgIpc) is 2.24. The van der Waals surface area contributed by atoms with Crippen molar-refractivity contribution in [1.82, 2.24) is 0 Å². The van der Waals surface area contributed by atoms with Gasteiger partial charge in [0.05, 0.1) is 18.3 Å². The van der Waals surface area contributed by atoms with Crippen molar-refractivity contribution < 1.29 is 23.4 Å². The maximum atomic E-state index is 12.4. The van der Waals surface area contributed by atoms with Crippen LogP contribution in [0.25, 0.3) is 0 Å². The van der Waals surface area contributed by atoms with Gasteiger partial charge in [-0.15, -0.1) is 0 Å². The smallest absolute Gasteiger partial charge is 0.394 e. The first kappa shape index (κ1) is 14.1. The highest BCUT2D eigenvalue weighted by Gasteiger charge is 2.31. The summed E-state index contributed by atoms with van der Waals surface area (Å²) < 4.78 is 37.3. The zero-order valence-corrected chi connectivity index (χ0v) is 9.39. The molecule has 0 amide bonds. The van der Waals surface area contributed by atoms with E-state index in [9.17, 15) is 13.2 Å². The number of hydrogen-bond donors (Lipinski definition) is 3. The molecule has 0 heterocycles. The molecular weight excluding hydrogens is 259 g/mol. The Morgan fingerprint density at radius 2 is 1.94 bits per heavy atom. The molecule has 1 aromatic carbocycles. The minimum absolute atomic E-state index is 0.0548. The molecule has 0 spiro atoms. The van der Waals surface area contributed by atoms with E-state index in [1.807, 2.05) is 0 Å². The van der Waals surface area contributed by atoms with E-state index in [-0.39, 0.29) is 17.3 Å². The fraction of sp³-hybridized carbons (Fsp3) is 0.400. The van der Waals surface area contributed by atoms with Crippen molar-refractivity contribution in [2.24, 2.45) is 0 Å². The van der Waals surface area contributed by atoms with Gasteiger partial charge in [0.15, 0.2) is 0 Å². The Morgan fingerprint density at radius 3 is 2.47 bits per heavy atom. The number of aliphatic hydroxyl groups excluding tert-OH is 2. The molecule has 3 N–H and O–H groups in total. The number of aliphatic hydroxyl groups is 2. The van der Waals surface area contributed by atoms with Gasteiger partial charge in [-0.25, -0.2) is 0 Å². The summed E-state index contributed by atoms with van der Waals surface area (Å²) in [6.07, 6.45) is -5.51. The van der Waals surface area contributed by atoms with Gasteiger partial charge >= 0.3 is 6.18 Å². The number of halogens is 4. The minimum atomic E-state index is -4.48. The third-order valence-corrected chi connectivity index (χ3v) is 2.20. The van der Waals surface area contributed by atoms with Crippen LogP contribution in [-0.4, -0.2) is 29.5 Å². The second kappa shape index (κ2) is 5.57. The quantitative estimate of drug-likeness (QED) is 0.785.